The first-order chi connectivity index (χ1) is 10.2. The van der Waals surface area contributed by atoms with E-state index in [4.69, 9.17) is 19.0 Å². The van der Waals surface area contributed by atoms with Crippen LogP contribution in [-0.2, 0) is 20.5 Å². The zero-order chi connectivity index (χ0) is 14.8. The zero-order valence-corrected chi connectivity index (χ0v) is 13.0. The molecule has 0 aromatic carbocycles. The molecule has 3 rings (SSSR count). The molecule has 0 radical (unpaired) electrons. The predicted octanol–water partition coefficient (Wildman–Crippen LogP) is 1.75. The van der Waals surface area contributed by atoms with E-state index in [1.54, 1.807) is 7.11 Å². The Morgan fingerprint density at radius 2 is 1.90 bits per heavy atom. The Morgan fingerprint density at radius 1 is 1.19 bits per heavy atom. The average Bonchev–Trinajstić information content (AvgIpc) is 3.07. The highest BCUT2D eigenvalue weighted by Crippen LogP contribution is 2.39. The number of hydrogen-bond donors (Lipinski definition) is 1. The topological polar surface area (TPSA) is 69.4 Å². The van der Waals surface area contributed by atoms with Gasteiger partial charge in [-0.2, -0.15) is 4.98 Å². The van der Waals surface area contributed by atoms with Gasteiger partial charge in [-0.05, 0) is 32.4 Å². The van der Waals surface area contributed by atoms with E-state index in [9.17, 15) is 0 Å². The van der Waals surface area contributed by atoms with Crippen molar-refractivity contribution in [1.29, 1.82) is 0 Å². The highest BCUT2D eigenvalue weighted by atomic mass is 16.5. The average molecular weight is 295 g/mol. The summed E-state index contributed by atoms with van der Waals surface area (Å²) < 4.78 is 16.9. The summed E-state index contributed by atoms with van der Waals surface area (Å²) in [4.78, 5) is 4.76. The molecule has 118 valence electrons. The lowest BCUT2D eigenvalue weighted by Crippen LogP contribution is -2.40. The fraction of sp³-hybridized carbons (Fsp3) is 0.867. The third-order valence-corrected chi connectivity index (χ3v) is 5.22. The number of hydrogen-bond acceptors (Lipinski definition) is 6. The summed E-state index contributed by atoms with van der Waals surface area (Å²) in [5.74, 6) is 1.47. The van der Waals surface area contributed by atoms with Crippen molar-refractivity contribution in [3.8, 4) is 0 Å². The third-order valence-electron chi connectivity index (χ3n) is 5.22. The van der Waals surface area contributed by atoms with Crippen LogP contribution >= 0.6 is 0 Å². The second-order valence-electron chi connectivity index (χ2n) is 6.12. The molecule has 0 bridgehead atoms. The van der Waals surface area contributed by atoms with Crippen molar-refractivity contribution in [3.63, 3.8) is 0 Å². The molecule has 21 heavy (non-hydrogen) atoms. The second-order valence-corrected chi connectivity index (χ2v) is 6.12. The van der Waals surface area contributed by atoms with E-state index in [1.807, 2.05) is 0 Å². The fourth-order valence-electron chi connectivity index (χ4n) is 3.47. The van der Waals surface area contributed by atoms with Gasteiger partial charge in [0, 0.05) is 33.2 Å². The zero-order valence-electron chi connectivity index (χ0n) is 13.0. The lowest BCUT2D eigenvalue weighted by molar-refractivity contribution is -0.101. The molecule has 0 saturated carbocycles. The SMILES string of the molecule is CCC1(c2nc(C3(OC)CCOCC3)no2)CCNCC1. The van der Waals surface area contributed by atoms with E-state index in [2.05, 4.69) is 17.4 Å². The van der Waals surface area contributed by atoms with Gasteiger partial charge in [0.15, 0.2) is 0 Å². The van der Waals surface area contributed by atoms with Crippen molar-refractivity contribution in [1.82, 2.24) is 15.5 Å². The molecule has 0 atom stereocenters. The van der Waals surface area contributed by atoms with Crippen LogP contribution in [0.15, 0.2) is 4.52 Å². The van der Waals surface area contributed by atoms with Crippen LogP contribution in [-0.4, -0.2) is 43.6 Å². The van der Waals surface area contributed by atoms with Crippen LogP contribution < -0.4 is 5.32 Å². The quantitative estimate of drug-likeness (QED) is 0.912. The minimum Gasteiger partial charge on any atom is -0.381 e. The highest BCUT2D eigenvalue weighted by molar-refractivity contribution is 5.11. The van der Waals surface area contributed by atoms with Gasteiger partial charge >= 0.3 is 0 Å². The van der Waals surface area contributed by atoms with Crippen molar-refractivity contribution >= 4 is 0 Å². The van der Waals surface area contributed by atoms with E-state index in [1.165, 1.54) is 0 Å². The van der Waals surface area contributed by atoms with E-state index >= 15 is 0 Å². The lowest BCUT2D eigenvalue weighted by Gasteiger charge is -2.34. The van der Waals surface area contributed by atoms with Crippen LogP contribution in [0.3, 0.4) is 0 Å². The van der Waals surface area contributed by atoms with E-state index in [-0.39, 0.29) is 5.41 Å². The van der Waals surface area contributed by atoms with E-state index in [0.717, 1.165) is 51.1 Å². The normalized spacial score (nSPS) is 24.9. The molecule has 1 N–H and O–H groups in total. The Balaban J connectivity index is 1.88. The van der Waals surface area contributed by atoms with Crippen molar-refractivity contribution in [2.45, 2.75) is 50.0 Å². The van der Waals surface area contributed by atoms with Crippen molar-refractivity contribution in [3.05, 3.63) is 11.7 Å². The number of ether oxygens (including phenoxy) is 2. The standard InChI is InChI=1S/C15H25N3O3/c1-3-14(4-8-16-9-5-14)13-17-12(18-21-13)15(19-2)6-10-20-11-7-15/h16H,3-11H2,1-2H3. The Hall–Kier alpha value is -0.980. The second kappa shape index (κ2) is 6.02. The van der Waals surface area contributed by atoms with Crippen LogP contribution in [0.25, 0.3) is 0 Å². The Bertz CT molecular complexity index is 422. The summed E-state index contributed by atoms with van der Waals surface area (Å²) in [6.45, 7) is 5.58. The third kappa shape index (κ3) is 2.60. The van der Waals surface area contributed by atoms with Gasteiger partial charge in [0.1, 0.15) is 5.60 Å². The maximum Gasteiger partial charge on any atom is 0.233 e. The lowest BCUT2D eigenvalue weighted by atomic mass is 9.76. The molecule has 3 heterocycles. The fourth-order valence-corrected chi connectivity index (χ4v) is 3.47. The monoisotopic (exact) mass is 295 g/mol. The predicted molar refractivity (Wildman–Crippen MR) is 77.1 cm³/mol. The van der Waals surface area contributed by atoms with E-state index in [0.29, 0.717) is 19.0 Å². The first-order valence-electron chi connectivity index (χ1n) is 7.93. The largest absolute Gasteiger partial charge is 0.381 e. The van der Waals surface area contributed by atoms with Crippen molar-refractivity contribution in [2.24, 2.45) is 0 Å². The molecule has 1 aromatic rings. The number of rotatable bonds is 4. The maximum absolute atomic E-state index is 5.75. The van der Waals surface area contributed by atoms with Gasteiger partial charge in [0.05, 0.1) is 5.41 Å². The summed E-state index contributed by atoms with van der Waals surface area (Å²) in [6, 6.07) is 0. The molecule has 0 amide bonds. The number of piperidine rings is 1. The van der Waals surface area contributed by atoms with E-state index < -0.39 is 5.60 Å². The Labute approximate surface area is 125 Å². The van der Waals surface area contributed by atoms with Crippen LogP contribution in [0.1, 0.15) is 50.7 Å². The summed E-state index contributed by atoms with van der Waals surface area (Å²) in [5.41, 5.74) is -0.418. The number of methoxy groups -OCH3 is 1. The van der Waals surface area contributed by atoms with Crippen LogP contribution in [0.4, 0.5) is 0 Å². The minimum absolute atomic E-state index is 0.0244. The molecule has 6 heteroatoms. The maximum atomic E-state index is 5.75. The summed E-state index contributed by atoms with van der Waals surface area (Å²) in [7, 11) is 1.72. The van der Waals surface area contributed by atoms with Gasteiger partial charge in [-0.15, -0.1) is 0 Å². The van der Waals surface area contributed by atoms with Gasteiger partial charge < -0.3 is 19.3 Å². The van der Waals surface area contributed by atoms with Gasteiger partial charge in [-0.1, -0.05) is 12.1 Å². The summed E-state index contributed by atoms with van der Waals surface area (Å²) in [5, 5.41) is 7.67. The van der Waals surface area contributed by atoms with Crippen molar-refractivity contribution < 1.29 is 14.0 Å². The molecule has 1 aromatic heterocycles. The number of aromatic nitrogens is 2. The highest BCUT2D eigenvalue weighted by Gasteiger charge is 2.43. The van der Waals surface area contributed by atoms with Crippen LogP contribution in [0.5, 0.6) is 0 Å². The summed E-state index contributed by atoms with van der Waals surface area (Å²) in [6.07, 6.45) is 4.69. The molecule has 2 aliphatic rings. The first kappa shape index (κ1) is 14.9. The van der Waals surface area contributed by atoms with Gasteiger partial charge in [0.2, 0.25) is 11.7 Å². The molecule has 2 aliphatic heterocycles. The molecular weight excluding hydrogens is 270 g/mol. The molecule has 2 saturated heterocycles. The van der Waals surface area contributed by atoms with Gasteiger partial charge in [-0.3, -0.25) is 0 Å². The number of nitrogens with zero attached hydrogens (tertiary/aromatic N) is 2. The number of nitrogens with one attached hydrogen (secondary N) is 1. The molecule has 0 aliphatic carbocycles. The Kier molecular flexibility index (Phi) is 4.28. The van der Waals surface area contributed by atoms with Gasteiger partial charge in [-0.25, -0.2) is 0 Å². The minimum atomic E-state index is -0.443. The molecule has 6 nitrogen and oxygen atoms in total. The van der Waals surface area contributed by atoms with Crippen LogP contribution in [0, 0.1) is 0 Å². The molecular formula is C15H25N3O3. The molecule has 2 fully saturated rings. The van der Waals surface area contributed by atoms with Crippen molar-refractivity contribution in [2.75, 3.05) is 33.4 Å². The summed E-state index contributed by atoms with van der Waals surface area (Å²) >= 11 is 0. The molecule has 0 spiro atoms. The van der Waals surface area contributed by atoms with Crippen LogP contribution in [0.2, 0.25) is 0 Å². The first-order valence-corrected chi connectivity index (χ1v) is 7.93. The smallest absolute Gasteiger partial charge is 0.233 e. The Morgan fingerprint density at radius 3 is 2.52 bits per heavy atom. The molecule has 0 unspecified atom stereocenters. The van der Waals surface area contributed by atoms with Gasteiger partial charge in [0.25, 0.3) is 0 Å².